The van der Waals surface area contributed by atoms with Crippen LogP contribution in [-0.2, 0) is 14.8 Å². The van der Waals surface area contributed by atoms with Crippen molar-refractivity contribution in [1.29, 1.82) is 0 Å². The van der Waals surface area contributed by atoms with Gasteiger partial charge in [0, 0.05) is 44.3 Å². The number of amides is 1. The summed E-state index contributed by atoms with van der Waals surface area (Å²) in [5.41, 5.74) is 0.415. The summed E-state index contributed by atoms with van der Waals surface area (Å²) in [7, 11) is -3.59. The molecule has 8 heteroatoms. The lowest BCUT2D eigenvalue weighted by atomic mass is 10.1. The van der Waals surface area contributed by atoms with Gasteiger partial charge in [-0.3, -0.25) is 4.79 Å². The first-order chi connectivity index (χ1) is 11.5. The number of nitrogens with zero attached hydrogens (tertiary/aromatic N) is 2. The number of hydrogen-bond acceptors (Lipinski definition) is 5. The average molecular weight is 353 g/mol. The van der Waals surface area contributed by atoms with Crippen molar-refractivity contribution in [1.82, 2.24) is 14.5 Å². The molecule has 2 aliphatic heterocycles. The molecule has 0 saturated carbocycles. The van der Waals surface area contributed by atoms with Crippen molar-refractivity contribution in [2.24, 2.45) is 0 Å². The van der Waals surface area contributed by atoms with Crippen LogP contribution >= 0.6 is 0 Å². The van der Waals surface area contributed by atoms with Crippen molar-refractivity contribution >= 4 is 15.9 Å². The fraction of sp³-hybridized carbons (Fsp3) is 0.562. The Kier molecular flexibility index (Phi) is 5.19. The maximum atomic E-state index is 12.7. The molecule has 1 unspecified atom stereocenters. The Morgan fingerprint density at radius 1 is 1.25 bits per heavy atom. The smallest absolute Gasteiger partial charge is 0.254 e. The van der Waals surface area contributed by atoms with E-state index >= 15 is 0 Å². The summed E-state index contributed by atoms with van der Waals surface area (Å²) >= 11 is 0. The Morgan fingerprint density at radius 3 is 2.71 bits per heavy atom. The summed E-state index contributed by atoms with van der Waals surface area (Å²) in [6.07, 6.45) is 0. The number of morpholine rings is 1. The fourth-order valence-electron chi connectivity index (χ4n) is 3.03. The molecule has 1 aromatic carbocycles. The van der Waals surface area contributed by atoms with E-state index in [-0.39, 0.29) is 16.8 Å². The summed E-state index contributed by atoms with van der Waals surface area (Å²) in [5.74, 6) is -0.122. The molecule has 0 aliphatic carbocycles. The second-order valence-corrected chi connectivity index (χ2v) is 8.03. The molecular weight excluding hydrogens is 330 g/mol. The van der Waals surface area contributed by atoms with Crippen LogP contribution in [0.5, 0.6) is 0 Å². The number of ether oxygens (including phenoxy) is 1. The fourth-order valence-corrected chi connectivity index (χ4v) is 4.49. The molecule has 0 aromatic heterocycles. The zero-order valence-corrected chi connectivity index (χ0v) is 14.6. The maximum Gasteiger partial charge on any atom is 0.254 e. The molecule has 24 heavy (non-hydrogen) atoms. The lowest BCUT2D eigenvalue weighted by molar-refractivity contribution is 0.0655. The predicted octanol–water partition coefficient (Wildman–Crippen LogP) is 0.141. The first kappa shape index (κ1) is 17.3. The van der Waals surface area contributed by atoms with Crippen molar-refractivity contribution in [2.45, 2.75) is 17.9 Å². The second-order valence-electron chi connectivity index (χ2n) is 6.10. The number of sulfonamides is 1. The van der Waals surface area contributed by atoms with Crippen molar-refractivity contribution in [3.8, 4) is 0 Å². The van der Waals surface area contributed by atoms with Gasteiger partial charge in [-0.25, -0.2) is 8.42 Å². The van der Waals surface area contributed by atoms with Crippen LogP contribution in [0.25, 0.3) is 0 Å². The van der Waals surface area contributed by atoms with Gasteiger partial charge in [0.05, 0.1) is 18.1 Å². The number of benzene rings is 1. The minimum Gasteiger partial charge on any atom is -0.379 e. The summed E-state index contributed by atoms with van der Waals surface area (Å²) in [4.78, 5) is 14.7. The van der Waals surface area contributed by atoms with Crippen LogP contribution in [0.4, 0.5) is 0 Å². The highest BCUT2D eigenvalue weighted by molar-refractivity contribution is 7.89. The first-order valence-corrected chi connectivity index (χ1v) is 9.64. The van der Waals surface area contributed by atoms with Gasteiger partial charge in [-0.15, -0.1) is 0 Å². The van der Waals surface area contributed by atoms with Gasteiger partial charge in [-0.05, 0) is 25.1 Å². The van der Waals surface area contributed by atoms with Gasteiger partial charge in [-0.2, -0.15) is 4.31 Å². The SMILES string of the molecule is CC1CNCCN1C(=O)c1cccc(S(=O)(=O)N2CCOCC2)c1. The largest absolute Gasteiger partial charge is 0.379 e. The molecule has 132 valence electrons. The third kappa shape index (κ3) is 3.46. The topological polar surface area (TPSA) is 79.0 Å². The molecule has 0 spiro atoms. The van der Waals surface area contributed by atoms with Gasteiger partial charge in [-0.1, -0.05) is 6.07 Å². The van der Waals surface area contributed by atoms with E-state index in [1.807, 2.05) is 6.92 Å². The molecular formula is C16H23N3O4S. The van der Waals surface area contributed by atoms with Crippen LogP contribution in [0, 0.1) is 0 Å². The lowest BCUT2D eigenvalue weighted by Gasteiger charge is -2.34. The van der Waals surface area contributed by atoms with Crippen LogP contribution in [0.15, 0.2) is 29.2 Å². The van der Waals surface area contributed by atoms with E-state index in [2.05, 4.69) is 5.32 Å². The molecule has 2 aliphatic rings. The van der Waals surface area contributed by atoms with Gasteiger partial charge >= 0.3 is 0 Å². The Hall–Kier alpha value is -1.48. The summed E-state index contributed by atoms with van der Waals surface area (Å²) < 4.78 is 32.1. The molecule has 1 aromatic rings. The molecule has 1 atom stereocenters. The Bertz CT molecular complexity index is 701. The van der Waals surface area contributed by atoms with Gasteiger partial charge in [0.25, 0.3) is 5.91 Å². The van der Waals surface area contributed by atoms with Crippen LogP contribution < -0.4 is 5.32 Å². The minimum atomic E-state index is -3.59. The predicted molar refractivity (Wildman–Crippen MR) is 89.4 cm³/mol. The van der Waals surface area contributed by atoms with Crippen LogP contribution in [0.3, 0.4) is 0 Å². The normalized spacial score (nSPS) is 23.2. The van der Waals surface area contributed by atoms with E-state index < -0.39 is 10.0 Å². The van der Waals surface area contributed by atoms with Gasteiger partial charge < -0.3 is 15.0 Å². The monoisotopic (exact) mass is 353 g/mol. The van der Waals surface area contributed by atoms with Crippen LogP contribution in [-0.4, -0.2) is 75.5 Å². The van der Waals surface area contributed by atoms with E-state index in [4.69, 9.17) is 4.74 Å². The van der Waals surface area contributed by atoms with Crippen molar-refractivity contribution in [3.63, 3.8) is 0 Å². The molecule has 2 heterocycles. The Labute approximate surface area is 142 Å². The molecule has 7 nitrogen and oxygen atoms in total. The summed E-state index contributed by atoms with van der Waals surface area (Å²) in [6, 6.07) is 6.43. The van der Waals surface area contributed by atoms with E-state index in [0.717, 1.165) is 13.1 Å². The first-order valence-electron chi connectivity index (χ1n) is 8.20. The molecule has 3 rings (SSSR count). The molecule has 2 fully saturated rings. The van der Waals surface area contributed by atoms with Crippen molar-refractivity contribution in [3.05, 3.63) is 29.8 Å². The highest BCUT2D eigenvalue weighted by Gasteiger charge is 2.28. The highest BCUT2D eigenvalue weighted by atomic mass is 32.2. The van der Waals surface area contributed by atoms with E-state index in [1.54, 1.807) is 23.1 Å². The quantitative estimate of drug-likeness (QED) is 0.836. The number of hydrogen-bond donors (Lipinski definition) is 1. The van der Waals surface area contributed by atoms with Crippen molar-refractivity contribution in [2.75, 3.05) is 45.9 Å². The van der Waals surface area contributed by atoms with E-state index in [1.165, 1.54) is 10.4 Å². The van der Waals surface area contributed by atoms with Crippen LogP contribution in [0.1, 0.15) is 17.3 Å². The van der Waals surface area contributed by atoms with Gasteiger partial charge in [0.15, 0.2) is 0 Å². The van der Waals surface area contributed by atoms with Crippen molar-refractivity contribution < 1.29 is 17.9 Å². The third-order valence-corrected chi connectivity index (χ3v) is 6.35. The molecule has 2 saturated heterocycles. The maximum absolute atomic E-state index is 12.7. The highest BCUT2D eigenvalue weighted by Crippen LogP contribution is 2.20. The number of rotatable bonds is 3. The zero-order valence-electron chi connectivity index (χ0n) is 13.8. The molecule has 0 bridgehead atoms. The average Bonchev–Trinajstić information content (AvgIpc) is 2.62. The number of carbonyl (C=O) groups excluding carboxylic acids is 1. The Balaban J connectivity index is 1.84. The number of carbonyl (C=O) groups is 1. The zero-order chi connectivity index (χ0) is 17.2. The molecule has 1 amide bonds. The number of piperazine rings is 1. The van der Waals surface area contributed by atoms with Gasteiger partial charge in [0.1, 0.15) is 0 Å². The minimum absolute atomic E-state index is 0.0887. The van der Waals surface area contributed by atoms with E-state index in [0.29, 0.717) is 38.4 Å². The van der Waals surface area contributed by atoms with E-state index in [9.17, 15) is 13.2 Å². The second kappa shape index (κ2) is 7.18. The number of nitrogens with one attached hydrogen (secondary N) is 1. The summed E-state index contributed by atoms with van der Waals surface area (Å²) in [6.45, 7) is 5.59. The van der Waals surface area contributed by atoms with Crippen LogP contribution in [0.2, 0.25) is 0 Å². The Morgan fingerprint density at radius 2 is 2.00 bits per heavy atom. The van der Waals surface area contributed by atoms with Gasteiger partial charge in [0.2, 0.25) is 10.0 Å². The lowest BCUT2D eigenvalue weighted by Crippen LogP contribution is -2.52. The summed E-state index contributed by atoms with van der Waals surface area (Å²) in [5, 5.41) is 3.24. The molecule has 0 radical (unpaired) electrons. The third-order valence-electron chi connectivity index (χ3n) is 4.45. The standard InChI is InChI=1S/C16H23N3O4S/c1-13-12-17-5-6-19(13)16(20)14-3-2-4-15(11-14)24(21,22)18-7-9-23-10-8-18/h2-4,11,13,17H,5-10,12H2,1H3. The molecule has 1 N–H and O–H groups in total.